The van der Waals surface area contributed by atoms with Crippen LogP contribution in [0.15, 0.2) is 12.4 Å². The largest absolute Gasteiger partial charge is 0.333 e. The van der Waals surface area contributed by atoms with Gasteiger partial charge in [0.05, 0.1) is 0 Å². The first-order valence-electron chi connectivity index (χ1n) is 7.04. The van der Waals surface area contributed by atoms with E-state index in [1.165, 1.54) is 51.1 Å². The molecule has 96 valence electrons. The molecule has 0 bridgehead atoms. The summed E-state index contributed by atoms with van der Waals surface area (Å²) in [5.41, 5.74) is 0. The van der Waals surface area contributed by atoms with Crippen molar-refractivity contribution in [1.82, 2.24) is 14.5 Å². The van der Waals surface area contributed by atoms with Gasteiger partial charge in [0.25, 0.3) is 0 Å². The third-order valence-corrected chi connectivity index (χ3v) is 3.77. The zero-order valence-corrected chi connectivity index (χ0v) is 11.2. The molecule has 1 aromatic rings. The highest BCUT2D eigenvalue weighted by Crippen LogP contribution is 2.19. The van der Waals surface area contributed by atoms with Gasteiger partial charge in [0.2, 0.25) is 0 Å². The molecule has 1 aliphatic heterocycles. The number of aromatic nitrogens is 2. The summed E-state index contributed by atoms with van der Waals surface area (Å²) in [6.45, 7) is 9.39. The van der Waals surface area contributed by atoms with Crippen molar-refractivity contribution in [2.24, 2.45) is 0 Å². The second-order valence-corrected chi connectivity index (χ2v) is 5.22. The Kier molecular flexibility index (Phi) is 4.60. The van der Waals surface area contributed by atoms with Crippen molar-refractivity contribution >= 4 is 0 Å². The molecular formula is C14H25N3. The molecule has 1 unspecified atom stereocenters. The lowest BCUT2D eigenvalue weighted by Crippen LogP contribution is -2.24. The van der Waals surface area contributed by atoms with Gasteiger partial charge in [-0.2, -0.15) is 0 Å². The van der Waals surface area contributed by atoms with Crippen molar-refractivity contribution in [2.45, 2.75) is 52.0 Å². The van der Waals surface area contributed by atoms with Gasteiger partial charge in [-0.05, 0) is 32.4 Å². The van der Waals surface area contributed by atoms with Crippen molar-refractivity contribution in [1.29, 1.82) is 0 Å². The van der Waals surface area contributed by atoms with E-state index in [1.807, 2.05) is 6.20 Å². The van der Waals surface area contributed by atoms with E-state index in [-0.39, 0.29) is 0 Å². The number of imidazole rings is 1. The highest BCUT2D eigenvalue weighted by atomic mass is 15.2. The minimum atomic E-state index is 0.591. The maximum Gasteiger partial charge on any atom is 0.111 e. The summed E-state index contributed by atoms with van der Waals surface area (Å²) in [6.07, 6.45) is 9.32. The topological polar surface area (TPSA) is 21.1 Å². The van der Waals surface area contributed by atoms with Crippen LogP contribution in [0.1, 0.15) is 51.3 Å². The van der Waals surface area contributed by atoms with Crippen molar-refractivity contribution < 1.29 is 0 Å². The van der Waals surface area contributed by atoms with Gasteiger partial charge in [-0.15, -0.1) is 0 Å². The Balaban J connectivity index is 1.89. The fourth-order valence-corrected chi connectivity index (χ4v) is 2.76. The maximum atomic E-state index is 4.52. The summed E-state index contributed by atoms with van der Waals surface area (Å²) >= 11 is 0. The molecule has 0 aromatic carbocycles. The predicted octanol–water partition coefficient (Wildman–Crippen LogP) is 2.88. The number of likely N-dealkylation sites (tertiary alicyclic amines) is 1. The van der Waals surface area contributed by atoms with E-state index in [2.05, 4.69) is 34.5 Å². The summed E-state index contributed by atoms with van der Waals surface area (Å²) in [4.78, 5) is 7.09. The molecule has 0 saturated carbocycles. The third-order valence-electron chi connectivity index (χ3n) is 3.77. The van der Waals surface area contributed by atoms with Crippen LogP contribution in [-0.2, 0) is 6.54 Å². The second-order valence-electron chi connectivity index (χ2n) is 5.22. The van der Waals surface area contributed by atoms with Crippen molar-refractivity contribution in [3.63, 3.8) is 0 Å². The Hall–Kier alpha value is -0.830. The zero-order valence-electron chi connectivity index (χ0n) is 11.2. The molecule has 3 nitrogen and oxygen atoms in total. The van der Waals surface area contributed by atoms with E-state index in [4.69, 9.17) is 0 Å². The van der Waals surface area contributed by atoms with E-state index in [0.717, 1.165) is 6.54 Å². The lowest BCUT2D eigenvalue weighted by Gasteiger charge is -2.17. The van der Waals surface area contributed by atoms with Crippen LogP contribution in [0.5, 0.6) is 0 Å². The fraction of sp³-hybridized carbons (Fsp3) is 0.786. The van der Waals surface area contributed by atoms with Gasteiger partial charge in [-0.3, -0.25) is 0 Å². The molecule has 1 aliphatic rings. The number of nitrogens with zero attached hydrogens (tertiary/aromatic N) is 3. The fourth-order valence-electron chi connectivity index (χ4n) is 2.76. The van der Waals surface area contributed by atoms with Crippen molar-refractivity contribution in [2.75, 3.05) is 19.6 Å². The van der Waals surface area contributed by atoms with Crippen LogP contribution in [0.4, 0.5) is 0 Å². The SMILES string of the molecule is CCCC(C)c1nccn1CCN1CCCC1. The third kappa shape index (κ3) is 3.32. The quantitative estimate of drug-likeness (QED) is 0.756. The van der Waals surface area contributed by atoms with Gasteiger partial charge in [0.1, 0.15) is 5.82 Å². The summed E-state index contributed by atoms with van der Waals surface area (Å²) in [6, 6.07) is 0. The molecule has 0 aliphatic carbocycles. The minimum Gasteiger partial charge on any atom is -0.333 e. The van der Waals surface area contributed by atoms with Gasteiger partial charge < -0.3 is 9.47 Å². The van der Waals surface area contributed by atoms with Gasteiger partial charge in [0, 0.05) is 31.4 Å². The predicted molar refractivity (Wildman–Crippen MR) is 71.2 cm³/mol. The first kappa shape index (κ1) is 12.6. The number of rotatable bonds is 6. The molecule has 2 rings (SSSR count). The van der Waals surface area contributed by atoms with E-state index in [9.17, 15) is 0 Å². The molecule has 2 heterocycles. The molecule has 0 amide bonds. The van der Waals surface area contributed by atoms with Gasteiger partial charge in [-0.25, -0.2) is 4.98 Å². The van der Waals surface area contributed by atoms with Crippen LogP contribution in [0.25, 0.3) is 0 Å². The average molecular weight is 235 g/mol. The standard InChI is InChI=1S/C14H25N3/c1-3-6-13(2)14-15-7-10-17(14)12-11-16-8-4-5-9-16/h7,10,13H,3-6,8-9,11-12H2,1-2H3. The molecule has 0 spiro atoms. The molecule has 1 aromatic heterocycles. The summed E-state index contributed by atoms with van der Waals surface area (Å²) in [5, 5.41) is 0. The van der Waals surface area contributed by atoms with Crippen LogP contribution in [0, 0.1) is 0 Å². The van der Waals surface area contributed by atoms with Crippen LogP contribution < -0.4 is 0 Å². The normalized spacial score (nSPS) is 18.7. The Labute approximate surface area is 105 Å². The molecular weight excluding hydrogens is 210 g/mol. The van der Waals surface area contributed by atoms with Crippen LogP contribution in [-0.4, -0.2) is 34.1 Å². The monoisotopic (exact) mass is 235 g/mol. The number of hydrogen-bond acceptors (Lipinski definition) is 2. The highest BCUT2D eigenvalue weighted by molar-refractivity contribution is 4.99. The minimum absolute atomic E-state index is 0.591. The smallest absolute Gasteiger partial charge is 0.111 e. The van der Waals surface area contributed by atoms with Crippen LogP contribution in [0.2, 0.25) is 0 Å². The second kappa shape index (κ2) is 6.20. The first-order chi connectivity index (χ1) is 8.31. The molecule has 0 N–H and O–H groups in total. The van der Waals surface area contributed by atoms with Crippen molar-refractivity contribution in [3.8, 4) is 0 Å². The van der Waals surface area contributed by atoms with Gasteiger partial charge in [-0.1, -0.05) is 20.3 Å². The van der Waals surface area contributed by atoms with Crippen LogP contribution >= 0.6 is 0 Å². The lowest BCUT2D eigenvalue weighted by atomic mass is 10.1. The molecule has 1 fully saturated rings. The Morgan fingerprint density at radius 3 is 2.76 bits per heavy atom. The number of hydrogen-bond donors (Lipinski definition) is 0. The molecule has 0 radical (unpaired) electrons. The maximum absolute atomic E-state index is 4.52. The van der Waals surface area contributed by atoms with E-state index in [0.29, 0.717) is 5.92 Å². The van der Waals surface area contributed by atoms with E-state index >= 15 is 0 Å². The van der Waals surface area contributed by atoms with Gasteiger partial charge >= 0.3 is 0 Å². The molecule has 3 heteroatoms. The summed E-state index contributed by atoms with van der Waals surface area (Å²) < 4.78 is 2.35. The van der Waals surface area contributed by atoms with Gasteiger partial charge in [0.15, 0.2) is 0 Å². The van der Waals surface area contributed by atoms with E-state index < -0.39 is 0 Å². The molecule has 17 heavy (non-hydrogen) atoms. The first-order valence-corrected chi connectivity index (χ1v) is 7.04. The average Bonchev–Trinajstić information content (AvgIpc) is 2.98. The molecule has 1 saturated heterocycles. The Morgan fingerprint density at radius 2 is 2.06 bits per heavy atom. The highest BCUT2D eigenvalue weighted by Gasteiger charge is 2.14. The zero-order chi connectivity index (χ0) is 12.1. The lowest BCUT2D eigenvalue weighted by molar-refractivity contribution is 0.319. The summed E-state index contributed by atoms with van der Waals surface area (Å²) in [7, 11) is 0. The van der Waals surface area contributed by atoms with E-state index in [1.54, 1.807) is 0 Å². The van der Waals surface area contributed by atoms with Crippen molar-refractivity contribution in [3.05, 3.63) is 18.2 Å². The van der Waals surface area contributed by atoms with Crippen LogP contribution in [0.3, 0.4) is 0 Å². The Morgan fingerprint density at radius 1 is 1.29 bits per heavy atom. The molecule has 1 atom stereocenters. The Bertz CT molecular complexity index is 326. The summed E-state index contributed by atoms with van der Waals surface area (Å²) in [5.74, 6) is 1.86.